The molecule has 4 unspecified atom stereocenters. The van der Waals surface area contributed by atoms with Crippen LogP contribution in [0.3, 0.4) is 0 Å². The Morgan fingerprint density at radius 3 is 1.33 bits per heavy atom. The molecule has 1 aliphatic heterocycles. The van der Waals surface area contributed by atoms with Crippen molar-refractivity contribution in [3.05, 3.63) is 0 Å². The molecule has 0 amide bonds. The van der Waals surface area contributed by atoms with E-state index in [-0.39, 0.29) is 5.79 Å². The zero-order chi connectivity index (χ0) is 11.4. The van der Waals surface area contributed by atoms with Crippen LogP contribution in [-0.4, -0.2) is 18.0 Å². The van der Waals surface area contributed by atoms with E-state index in [1.807, 2.05) is 13.8 Å². The molecule has 6 atom stereocenters. The maximum absolute atomic E-state index is 6.03. The number of hydrogen-bond donors (Lipinski definition) is 0. The Morgan fingerprint density at radius 2 is 1.00 bits per heavy atom. The van der Waals surface area contributed by atoms with Crippen molar-refractivity contribution in [2.24, 2.45) is 23.7 Å². The van der Waals surface area contributed by atoms with Crippen molar-refractivity contribution in [1.82, 2.24) is 0 Å². The van der Waals surface area contributed by atoms with E-state index >= 15 is 0 Å². The van der Waals surface area contributed by atoms with Crippen LogP contribution < -0.4 is 0 Å². The zero-order valence-corrected chi connectivity index (χ0v) is 10.8. The highest BCUT2D eigenvalue weighted by Gasteiger charge is 2.52. The van der Waals surface area contributed by atoms with E-state index in [1.165, 1.54) is 0 Å². The highest BCUT2D eigenvalue weighted by Crippen LogP contribution is 2.47. The van der Waals surface area contributed by atoms with Gasteiger partial charge in [0, 0.05) is 0 Å². The maximum atomic E-state index is 6.03. The van der Waals surface area contributed by atoms with Crippen molar-refractivity contribution in [1.29, 1.82) is 0 Å². The summed E-state index contributed by atoms with van der Waals surface area (Å²) in [6.07, 6.45) is 0.586. The minimum atomic E-state index is -0.387. The number of ether oxygens (including phenoxy) is 2. The smallest absolute Gasteiger partial charge is 0.163 e. The molecule has 0 spiro atoms. The maximum Gasteiger partial charge on any atom is 0.163 e. The Balaban J connectivity index is 2.23. The number of rotatable bonds is 0. The first kappa shape index (κ1) is 11.4. The van der Waals surface area contributed by atoms with Crippen LogP contribution in [0.25, 0.3) is 0 Å². The summed E-state index contributed by atoms with van der Waals surface area (Å²) in [5.74, 6) is 2.25. The topological polar surface area (TPSA) is 18.5 Å². The summed E-state index contributed by atoms with van der Waals surface area (Å²) >= 11 is 0. The molecule has 2 aliphatic rings. The van der Waals surface area contributed by atoms with E-state index in [9.17, 15) is 0 Å². The Kier molecular flexibility index (Phi) is 2.63. The summed E-state index contributed by atoms with van der Waals surface area (Å²) in [4.78, 5) is 0. The third-order valence-electron chi connectivity index (χ3n) is 4.69. The molecule has 2 rings (SSSR count). The Bertz CT molecular complexity index is 225. The molecule has 15 heavy (non-hydrogen) atoms. The molecule has 2 heteroatoms. The molecule has 0 radical (unpaired) electrons. The van der Waals surface area contributed by atoms with Gasteiger partial charge in [0.1, 0.15) is 0 Å². The lowest BCUT2D eigenvalue weighted by Crippen LogP contribution is -2.47. The summed E-state index contributed by atoms with van der Waals surface area (Å²) in [6, 6.07) is 0. The minimum Gasteiger partial charge on any atom is -0.344 e. The molecule has 2 fully saturated rings. The third-order valence-corrected chi connectivity index (χ3v) is 4.69. The highest BCUT2D eigenvalue weighted by atomic mass is 16.8. The van der Waals surface area contributed by atoms with Gasteiger partial charge in [-0.25, -0.2) is 0 Å². The fourth-order valence-electron chi connectivity index (χ4n) is 3.19. The van der Waals surface area contributed by atoms with E-state index in [1.54, 1.807) is 0 Å². The van der Waals surface area contributed by atoms with Gasteiger partial charge in [-0.2, -0.15) is 0 Å². The third kappa shape index (κ3) is 1.72. The Labute approximate surface area is 93.3 Å². The molecule has 1 saturated carbocycles. The standard InChI is InChI=1S/C13H24O2/c1-7-8(2)10(4)12-11(9(7)3)14-13(5,6)15-12/h7-12H,1-6H3/t7-,8?,9?,10+,11?,12?/m1/s1. The lowest BCUT2D eigenvalue weighted by molar-refractivity contribution is -0.151. The lowest BCUT2D eigenvalue weighted by Gasteiger charge is -2.43. The van der Waals surface area contributed by atoms with Crippen molar-refractivity contribution >= 4 is 0 Å². The SMILES string of the molecule is CC1C2OC(C)(C)OC2[C@@H](C)C(C)[C@H]1C. The summed E-state index contributed by atoms with van der Waals surface area (Å²) in [5.41, 5.74) is 0. The van der Waals surface area contributed by atoms with Crippen LogP contribution in [0.1, 0.15) is 41.5 Å². The van der Waals surface area contributed by atoms with Gasteiger partial charge in [-0.3, -0.25) is 0 Å². The van der Waals surface area contributed by atoms with Gasteiger partial charge in [-0.15, -0.1) is 0 Å². The summed E-state index contributed by atoms with van der Waals surface area (Å²) in [6.45, 7) is 13.3. The summed E-state index contributed by atoms with van der Waals surface area (Å²) in [5, 5.41) is 0. The first-order valence-corrected chi connectivity index (χ1v) is 6.19. The first-order valence-electron chi connectivity index (χ1n) is 6.19. The molecular weight excluding hydrogens is 188 g/mol. The van der Waals surface area contributed by atoms with Gasteiger partial charge in [0.2, 0.25) is 0 Å². The summed E-state index contributed by atoms with van der Waals surface area (Å²) < 4.78 is 12.1. The van der Waals surface area contributed by atoms with Gasteiger partial charge in [0.15, 0.2) is 5.79 Å². The first-order chi connectivity index (χ1) is 6.83. The van der Waals surface area contributed by atoms with Crippen LogP contribution in [0.2, 0.25) is 0 Å². The molecule has 1 aliphatic carbocycles. The van der Waals surface area contributed by atoms with Crippen molar-refractivity contribution in [3.8, 4) is 0 Å². The second kappa shape index (κ2) is 3.46. The normalized spacial score (nSPS) is 54.0. The molecule has 0 N–H and O–H groups in total. The zero-order valence-electron chi connectivity index (χ0n) is 10.8. The molecule has 0 aromatic rings. The van der Waals surface area contributed by atoms with Crippen LogP contribution >= 0.6 is 0 Å². The van der Waals surface area contributed by atoms with Crippen LogP contribution in [0.5, 0.6) is 0 Å². The van der Waals surface area contributed by atoms with Gasteiger partial charge in [0.05, 0.1) is 12.2 Å². The van der Waals surface area contributed by atoms with E-state index < -0.39 is 0 Å². The summed E-state index contributed by atoms with van der Waals surface area (Å²) in [7, 11) is 0. The van der Waals surface area contributed by atoms with Crippen molar-refractivity contribution in [2.45, 2.75) is 59.5 Å². The molecular formula is C13H24O2. The van der Waals surface area contributed by atoms with Crippen molar-refractivity contribution in [3.63, 3.8) is 0 Å². The molecule has 1 heterocycles. The molecule has 1 saturated heterocycles. The number of hydrogen-bond acceptors (Lipinski definition) is 2. The van der Waals surface area contributed by atoms with Crippen LogP contribution in [0.4, 0.5) is 0 Å². The van der Waals surface area contributed by atoms with Gasteiger partial charge in [-0.1, -0.05) is 27.7 Å². The van der Waals surface area contributed by atoms with Crippen LogP contribution in [0, 0.1) is 23.7 Å². The average Bonchev–Trinajstić information content (AvgIpc) is 2.48. The van der Waals surface area contributed by atoms with E-state index in [4.69, 9.17) is 9.47 Å². The Hall–Kier alpha value is -0.0800. The second-order valence-electron chi connectivity index (χ2n) is 6.00. The quantitative estimate of drug-likeness (QED) is 0.614. The van der Waals surface area contributed by atoms with Gasteiger partial charge >= 0.3 is 0 Å². The van der Waals surface area contributed by atoms with Gasteiger partial charge in [-0.05, 0) is 37.5 Å². The molecule has 2 nitrogen and oxygen atoms in total. The average molecular weight is 212 g/mol. The fourth-order valence-corrected chi connectivity index (χ4v) is 3.19. The van der Waals surface area contributed by atoms with Crippen molar-refractivity contribution in [2.75, 3.05) is 0 Å². The number of fused-ring (bicyclic) bond motifs is 1. The predicted octanol–water partition coefficient (Wildman–Crippen LogP) is 3.06. The fraction of sp³-hybridized carbons (Fsp3) is 1.00. The molecule has 88 valence electrons. The van der Waals surface area contributed by atoms with Gasteiger partial charge < -0.3 is 9.47 Å². The monoisotopic (exact) mass is 212 g/mol. The van der Waals surface area contributed by atoms with E-state index in [2.05, 4.69) is 27.7 Å². The van der Waals surface area contributed by atoms with E-state index in [0.29, 0.717) is 24.0 Å². The van der Waals surface area contributed by atoms with E-state index in [0.717, 1.165) is 11.8 Å². The largest absolute Gasteiger partial charge is 0.344 e. The Morgan fingerprint density at radius 1 is 0.667 bits per heavy atom. The molecule has 0 bridgehead atoms. The lowest BCUT2D eigenvalue weighted by atomic mass is 9.66. The highest BCUT2D eigenvalue weighted by molar-refractivity contribution is 4.97. The van der Waals surface area contributed by atoms with Gasteiger partial charge in [0.25, 0.3) is 0 Å². The predicted molar refractivity (Wildman–Crippen MR) is 60.5 cm³/mol. The van der Waals surface area contributed by atoms with Crippen LogP contribution in [0.15, 0.2) is 0 Å². The van der Waals surface area contributed by atoms with Crippen LogP contribution in [-0.2, 0) is 9.47 Å². The molecule has 0 aromatic heterocycles. The van der Waals surface area contributed by atoms with Crippen molar-refractivity contribution < 1.29 is 9.47 Å². The second-order valence-corrected chi connectivity index (χ2v) is 6.00. The molecule has 0 aromatic carbocycles. The minimum absolute atomic E-state index is 0.293.